The lowest BCUT2D eigenvalue weighted by Gasteiger charge is -2.23. The molecule has 1 aliphatic rings. The number of benzene rings is 2. The molecule has 0 fully saturated rings. The van der Waals surface area contributed by atoms with Gasteiger partial charge in [0.15, 0.2) is 5.78 Å². The van der Waals surface area contributed by atoms with Crippen LogP contribution < -0.4 is 11.1 Å². The lowest BCUT2D eigenvalue weighted by Crippen LogP contribution is -2.25. The van der Waals surface area contributed by atoms with E-state index in [-0.39, 0.29) is 29.2 Å². The third kappa shape index (κ3) is 6.53. The molecule has 2 aromatic rings. The van der Waals surface area contributed by atoms with Crippen LogP contribution in [-0.2, 0) is 20.7 Å². The molecule has 3 rings (SSSR count). The number of ether oxygens (including phenoxy) is 2. The highest BCUT2D eigenvalue weighted by Crippen LogP contribution is 2.30. The SMILES string of the molecule is COC(=O)CC1CCc2cc(NC(=O)c3ccc(C(N)=NC(=O)OC(C)(C)C)cc3F)ccc2C1=O. The summed E-state index contributed by atoms with van der Waals surface area (Å²) >= 11 is 0. The summed E-state index contributed by atoms with van der Waals surface area (Å²) in [5, 5.41) is 2.62. The van der Waals surface area contributed by atoms with Crippen LogP contribution in [0.1, 0.15) is 65.5 Å². The number of carbonyl (C=O) groups excluding carboxylic acids is 4. The Kier molecular flexibility index (Phi) is 7.87. The highest BCUT2D eigenvalue weighted by Gasteiger charge is 2.29. The van der Waals surface area contributed by atoms with E-state index < -0.39 is 35.3 Å². The van der Waals surface area contributed by atoms with Gasteiger partial charge in [0.1, 0.15) is 17.3 Å². The Balaban J connectivity index is 1.71. The Hall–Kier alpha value is -4.08. The van der Waals surface area contributed by atoms with Crippen LogP contribution in [0.4, 0.5) is 14.9 Å². The zero-order valence-corrected chi connectivity index (χ0v) is 20.5. The summed E-state index contributed by atoms with van der Waals surface area (Å²) in [7, 11) is 1.28. The van der Waals surface area contributed by atoms with Crippen molar-refractivity contribution in [3.63, 3.8) is 0 Å². The topological polar surface area (TPSA) is 137 Å². The fourth-order valence-corrected chi connectivity index (χ4v) is 3.78. The fourth-order valence-electron chi connectivity index (χ4n) is 3.78. The van der Waals surface area contributed by atoms with Crippen molar-refractivity contribution in [2.45, 2.75) is 45.6 Å². The number of hydrogen-bond acceptors (Lipinski definition) is 6. The van der Waals surface area contributed by atoms with E-state index >= 15 is 0 Å². The predicted octanol–water partition coefficient (Wildman–Crippen LogP) is 4.03. The second-order valence-corrected chi connectivity index (χ2v) is 9.38. The van der Waals surface area contributed by atoms with Crippen LogP contribution >= 0.6 is 0 Å². The number of nitrogens with zero attached hydrogens (tertiary/aromatic N) is 1. The summed E-state index contributed by atoms with van der Waals surface area (Å²) in [6, 6.07) is 8.41. The van der Waals surface area contributed by atoms with Crippen LogP contribution in [0.25, 0.3) is 0 Å². The molecular formula is C26H28FN3O6. The zero-order valence-electron chi connectivity index (χ0n) is 20.5. The number of amides is 2. The van der Waals surface area contributed by atoms with Crippen LogP contribution in [0.5, 0.6) is 0 Å². The summed E-state index contributed by atoms with van der Waals surface area (Å²) in [6.07, 6.45) is 0.145. The van der Waals surface area contributed by atoms with Crippen molar-refractivity contribution >= 4 is 35.3 Å². The van der Waals surface area contributed by atoms with Gasteiger partial charge < -0.3 is 20.5 Å². The molecule has 0 spiro atoms. The molecule has 0 heterocycles. The lowest BCUT2D eigenvalue weighted by atomic mass is 9.81. The summed E-state index contributed by atoms with van der Waals surface area (Å²) < 4.78 is 24.4. The second-order valence-electron chi connectivity index (χ2n) is 9.38. The van der Waals surface area contributed by atoms with Crippen molar-refractivity contribution in [2.75, 3.05) is 12.4 Å². The Morgan fingerprint density at radius 2 is 1.89 bits per heavy atom. The van der Waals surface area contributed by atoms with Crippen molar-refractivity contribution in [2.24, 2.45) is 16.6 Å². The number of hydrogen-bond donors (Lipinski definition) is 2. The Labute approximate surface area is 207 Å². The molecule has 9 nitrogen and oxygen atoms in total. The number of Topliss-reactive ketones (excluding diaryl/α,β-unsaturated/α-hetero) is 1. The summed E-state index contributed by atoms with van der Waals surface area (Å²) in [4.78, 5) is 52.3. The first-order valence-corrected chi connectivity index (χ1v) is 11.3. The molecule has 0 saturated heterocycles. The molecule has 1 unspecified atom stereocenters. The first kappa shape index (κ1) is 26.5. The van der Waals surface area contributed by atoms with Crippen LogP contribution in [0.2, 0.25) is 0 Å². The van der Waals surface area contributed by atoms with E-state index in [1.54, 1.807) is 39.0 Å². The van der Waals surface area contributed by atoms with Crippen LogP contribution in [0.15, 0.2) is 41.4 Å². The highest BCUT2D eigenvalue weighted by molar-refractivity contribution is 6.07. The van der Waals surface area contributed by atoms with E-state index in [1.165, 1.54) is 19.2 Å². The van der Waals surface area contributed by atoms with Gasteiger partial charge in [-0.15, -0.1) is 0 Å². The summed E-state index contributed by atoms with van der Waals surface area (Å²) in [5.41, 5.74) is 6.52. The summed E-state index contributed by atoms with van der Waals surface area (Å²) in [5.74, 6) is -2.83. The number of fused-ring (bicyclic) bond motifs is 1. The van der Waals surface area contributed by atoms with Gasteiger partial charge in [0.05, 0.1) is 19.1 Å². The van der Waals surface area contributed by atoms with Crippen molar-refractivity contribution in [1.82, 2.24) is 0 Å². The van der Waals surface area contributed by atoms with E-state index in [0.717, 1.165) is 11.6 Å². The maximum absolute atomic E-state index is 14.7. The smallest absolute Gasteiger partial charge is 0.436 e. The number of halogens is 1. The molecule has 0 aliphatic heterocycles. The van der Waals surface area contributed by atoms with Gasteiger partial charge in [-0.1, -0.05) is 6.07 Å². The second kappa shape index (κ2) is 10.7. The van der Waals surface area contributed by atoms with Gasteiger partial charge in [-0.05, 0) is 69.5 Å². The molecule has 0 radical (unpaired) electrons. The van der Waals surface area contributed by atoms with E-state index in [1.807, 2.05) is 0 Å². The van der Waals surface area contributed by atoms with Crippen molar-refractivity contribution in [1.29, 1.82) is 0 Å². The van der Waals surface area contributed by atoms with Gasteiger partial charge in [0.2, 0.25) is 0 Å². The number of anilines is 1. The molecule has 10 heteroatoms. The molecule has 190 valence electrons. The first-order chi connectivity index (χ1) is 16.9. The van der Waals surface area contributed by atoms with E-state index in [0.29, 0.717) is 24.1 Å². The Bertz CT molecular complexity index is 1250. The van der Waals surface area contributed by atoms with Gasteiger partial charge in [-0.25, -0.2) is 9.18 Å². The molecule has 36 heavy (non-hydrogen) atoms. The third-order valence-electron chi connectivity index (χ3n) is 5.52. The van der Waals surface area contributed by atoms with E-state index in [4.69, 9.17) is 10.5 Å². The maximum atomic E-state index is 14.7. The van der Waals surface area contributed by atoms with Gasteiger partial charge in [-0.2, -0.15) is 4.99 Å². The molecule has 1 aliphatic carbocycles. The predicted molar refractivity (Wildman–Crippen MR) is 131 cm³/mol. The number of nitrogens with two attached hydrogens (primary N) is 1. The monoisotopic (exact) mass is 497 g/mol. The minimum absolute atomic E-state index is 0.0233. The van der Waals surface area contributed by atoms with Crippen LogP contribution in [0, 0.1) is 11.7 Å². The van der Waals surface area contributed by atoms with Gasteiger partial charge in [-0.3, -0.25) is 14.4 Å². The van der Waals surface area contributed by atoms with E-state index in [9.17, 15) is 23.6 Å². The number of aryl methyl sites for hydroxylation is 1. The molecule has 3 N–H and O–H groups in total. The average molecular weight is 498 g/mol. The van der Waals surface area contributed by atoms with E-state index in [2.05, 4.69) is 15.0 Å². The minimum Gasteiger partial charge on any atom is -0.469 e. The number of nitrogens with one attached hydrogen (secondary N) is 1. The lowest BCUT2D eigenvalue weighted by molar-refractivity contribution is -0.141. The molecule has 0 bridgehead atoms. The van der Waals surface area contributed by atoms with Gasteiger partial charge in [0, 0.05) is 22.7 Å². The van der Waals surface area contributed by atoms with Gasteiger partial charge >= 0.3 is 12.1 Å². The minimum atomic E-state index is -0.912. The highest BCUT2D eigenvalue weighted by atomic mass is 19.1. The van der Waals surface area contributed by atoms with Crippen LogP contribution in [0.3, 0.4) is 0 Å². The third-order valence-corrected chi connectivity index (χ3v) is 5.52. The standard InChI is InChI=1S/C26H28FN3O6/c1-26(2,3)36-25(34)30-23(28)16-7-9-19(20(27)12-16)24(33)29-17-8-10-18-14(11-17)5-6-15(22(18)32)13-21(31)35-4/h7-12,15H,5-6,13H2,1-4H3,(H,29,33)(H2,28,30,34). The molecule has 0 saturated carbocycles. The molecule has 2 aromatic carbocycles. The zero-order chi connectivity index (χ0) is 26.6. The quantitative estimate of drug-likeness (QED) is 0.361. The maximum Gasteiger partial charge on any atom is 0.436 e. The fraction of sp³-hybridized carbons (Fsp3) is 0.346. The van der Waals surface area contributed by atoms with Gasteiger partial charge in [0.25, 0.3) is 5.91 Å². The average Bonchev–Trinajstić information content (AvgIpc) is 2.79. The Morgan fingerprint density at radius 3 is 2.53 bits per heavy atom. The van der Waals surface area contributed by atoms with Crippen molar-refractivity contribution in [3.05, 3.63) is 64.5 Å². The van der Waals surface area contributed by atoms with Crippen molar-refractivity contribution in [3.8, 4) is 0 Å². The summed E-state index contributed by atoms with van der Waals surface area (Å²) in [6.45, 7) is 5.02. The molecular weight excluding hydrogens is 469 g/mol. The number of ketones is 1. The number of rotatable bonds is 5. The molecule has 0 aromatic heterocycles. The van der Waals surface area contributed by atoms with Crippen molar-refractivity contribution < 1.29 is 33.0 Å². The molecule has 2 amide bonds. The number of aliphatic imine (C=N–C) groups is 1. The van der Waals surface area contributed by atoms with Crippen LogP contribution in [-0.4, -0.2) is 42.3 Å². The molecule has 1 atom stereocenters. The number of carbonyl (C=O) groups is 4. The first-order valence-electron chi connectivity index (χ1n) is 11.3. The Morgan fingerprint density at radius 1 is 1.17 bits per heavy atom. The number of methoxy groups -OCH3 is 1. The number of esters is 1. The normalized spacial score (nSPS) is 15.6. The number of amidine groups is 1. The largest absolute Gasteiger partial charge is 0.469 e.